The van der Waals surface area contributed by atoms with E-state index in [1.165, 1.54) is 0 Å². The molecule has 4 heteroatoms. The smallest absolute Gasteiger partial charge is 0.266 e. The summed E-state index contributed by atoms with van der Waals surface area (Å²) in [6.07, 6.45) is 0. The molecule has 3 nitrogen and oxygen atoms in total. The van der Waals surface area contributed by atoms with E-state index in [1.54, 1.807) is 4.57 Å². The van der Waals surface area contributed by atoms with Crippen LogP contribution in [-0.4, -0.2) is 9.55 Å². The summed E-state index contributed by atoms with van der Waals surface area (Å²) in [6.45, 7) is 6.42. The minimum absolute atomic E-state index is 0.0231. The summed E-state index contributed by atoms with van der Waals surface area (Å²) >= 11 is 3.56. The van der Waals surface area contributed by atoms with E-state index in [0.29, 0.717) is 11.3 Å². The summed E-state index contributed by atoms with van der Waals surface area (Å²) in [5.74, 6) is 1.35. The highest BCUT2D eigenvalue weighted by Gasteiger charge is 2.21. The summed E-state index contributed by atoms with van der Waals surface area (Å²) in [5, 5.41) is 0.642. The Morgan fingerprint density at radius 2 is 1.65 bits per heavy atom. The van der Waals surface area contributed by atoms with Crippen molar-refractivity contribution >= 4 is 26.8 Å². The first kappa shape index (κ1) is 15.9. The third-order valence-electron chi connectivity index (χ3n) is 4.30. The van der Waals surface area contributed by atoms with Crippen molar-refractivity contribution in [3.05, 3.63) is 69.2 Å². The third kappa shape index (κ3) is 2.83. The van der Waals surface area contributed by atoms with Crippen LogP contribution in [0.2, 0.25) is 0 Å². The highest BCUT2D eigenvalue weighted by molar-refractivity contribution is 9.10. The van der Waals surface area contributed by atoms with Crippen molar-refractivity contribution in [1.82, 2.24) is 9.55 Å². The second-order valence-corrected chi connectivity index (χ2v) is 6.97. The average molecular weight is 371 g/mol. The maximum absolute atomic E-state index is 13.1. The molecular formula is C19H19BrN2O. The monoisotopic (exact) mass is 370 g/mol. The predicted octanol–water partition coefficient (Wildman–Crippen LogP) is 4.91. The van der Waals surface area contributed by atoms with Crippen molar-refractivity contribution in [3.63, 3.8) is 0 Å². The fraction of sp³-hybridized carbons (Fsp3) is 0.263. The van der Waals surface area contributed by atoms with Crippen LogP contribution in [0.15, 0.2) is 57.8 Å². The van der Waals surface area contributed by atoms with Crippen molar-refractivity contribution in [3.8, 4) is 5.69 Å². The van der Waals surface area contributed by atoms with E-state index in [0.717, 1.165) is 21.5 Å². The maximum Gasteiger partial charge on any atom is 0.266 e. The van der Waals surface area contributed by atoms with Crippen LogP contribution in [-0.2, 0) is 0 Å². The van der Waals surface area contributed by atoms with E-state index in [9.17, 15) is 4.79 Å². The lowest BCUT2D eigenvalue weighted by Crippen LogP contribution is -2.26. The topological polar surface area (TPSA) is 34.9 Å². The average Bonchev–Trinajstić information content (AvgIpc) is 2.55. The summed E-state index contributed by atoms with van der Waals surface area (Å²) in [5.41, 5.74) is 1.56. The van der Waals surface area contributed by atoms with Gasteiger partial charge in [0, 0.05) is 10.4 Å². The number of halogens is 1. The molecule has 0 spiro atoms. The number of fused-ring (bicyclic) bond motifs is 1. The lowest BCUT2D eigenvalue weighted by atomic mass is 9.96. The van der Waals surface area contributed by atoms with Crippen LogP contribution in [0.4, 0.5) is 0 Å². The lowest BCUT2D eigenvalue weighted by molar-refractivity contribution is 0.499. The molecule has 1 aromatic heterocycles. The van der Waals surface area contributed by atoms with Crippen molar-refractivity contribution in [1.29, 1.82) is 0 Å². The molecule has 0 aliphatic rings. The molecule has 23 heavy (non-hydrogen) atoms. The second kappa shape index (κ2) is 6.28. The van der Waals surface area contributed by atoms with Crippen molar-refractivity contribution in [2.75, 3.05) is 0 Å². The number of nitrogens with zero attached hydrogens (tertiary/aromatic N) is 2. The normalized spacial score (nSPS) is 12.7. The van der Waals surface area contributed by atoms with Gasteiger partial charge in [0.25, 0.3) is 5.56 Å². The van der Waals surface area contributed by atoms with Gasteiger partial charge in [-0.25, -0.2) is 4.98 Å². The molecule has 0 saturated carbocycles. The molecule has 0 radical (unpaired) electrons. The Labute approximate surface area is 144 Å². The molecule has 0 saturated heterocycles. The Morgan fingerprint density at radius 3 is 2.35 bits per heavy atom. The minimum atomic E-state index is -0.0231. The van der Waals surface area contributed by atoms with E-state index in [1.807, 2.05) is 48.5 Å². The second-order valence-electron chi connectivity index (χ2n) is 6.11. The minimum Gasteiger partial charge on any atom is -0.268 e. The maximum atomic E-state index is 13.1. The number of hydrogen-bond donors (Lipinski definition) is 0. The Morgan fingerprint density at radius 1 is 1.00 bits per heavy atom. The molecule has 0 unspecified atom stereocenters. The SMILES string of the molecule is CC(C)[C@H](C)c1nc2ccccc2c(=O)n1-c1ccccc1Br. The molecule has 0 fully saturated rings. The van der Waals surface area contributed by atoms with Gasteiger partial charge in [0.2, 0.25) is 0 Å². The largest absolute Gasteiger partial charge is 0.268 e. The first-order valence-corrected chi connectivity index (χ1v) is 8.56. The van der Waals surface area contributed by atoms with Gasteiger partial charge in [0.1, 0.15) is 5.82 Å². The molecule has 3 aromatic rings. The van der Waals surface area contributed by atoms with Crippen LogP contribution in [0.5, 0.6) is 0 Å². The zero-order chi connectivity index (χ0) is 16.6. The van der Waals surface area contributed by atoms with Crippen LogP contribution in [0.3, 0.4) is 0 Å². The van der Waals surface area contributed by atoms with E-state index in [2.05, 4.69) is 36.7 Å². The molecule has 2 aromatic carbocycles. The van der Waals surface area contributed by atoms with Crippen LogP contribution >= 0.6 is 15.9 Å². The van der Waals surface area contributed by atoms with Gasteiger partial charge in [0.15, 0.2) is 0 Å². The molecule has 0 amide bonds. The molecule has 0 aliphatic heterocycles. The summed E-state index contributed by atoms with van der Waals surface area (Å²) in [7, 11) is 0. The molecular weight excluding hydrogens is 352 g/mol. The Hall–Kier alpha value is -1.94. The number of para-hydroxylation sites is 2. The van der Waals surface area contributed by atoms with Gasteiger partial charge >= 0.3 is 0 Å². The van der Waals surface area contributed by atoms with E-state index >= 15 is 0 Å². The molecule has 0 aliphatic carbocycles. The molecule has 118 valence electrons. The van der Waals surface area contributed by atoms with Gasteiger partial charge in [-0.3, -0.25) is 9.36 Å². The van der Waals surface area contributed by atoms with Crippen molar-refractivity contribution in [2.45, 2.75) is 26.7 Å². The van der Waals surface area contributed by atoms with Crippen LogP contribution < -0.4 is 5.56 Å². The fourth-order valence-electron chi connectivity index (χ4n) is 2.62. The van der Waals surface area contributed by atoms with E-state index in [4.69, 9.17) is 4.98 Å². The summed E-state index contributed by atoms with van der Waals surface area (Å²) in [6, 6.07) is 15.3. The van der Waals surface area contributed by atoms with Gasteiger partial charge < -0.3 is 0 Å². The van der Waals surface area contributed by atoms with Gasteiger partial charge in [-0.2, -0.15) is 0 Å². The highest BCUT2D eigenvalue weighted by Crippen LogP contribution is 2.27. The number of rotatable bonds is 3. The Bertz CT molecular complexity index is 915. The molecule has 0 N–H and O–H groups in total. The zero-order valence-electron chi connectivity index (χ0n) is 13.5. The molecule has 0 bridgehead atoms. The quantitative estimate of drug-likeness (QED) is 0.656. The predicted molar refractivity (Wildman–Crippen MR) is 98.3 cm³/mol. The van der Waals surface area contributed by atoms with Gasteiger partial charge in [0.05, 0.1) is 16.6 Å². The van der Waals surface area contributed by atoms with Crippen LogP contribution in [0.25, 0.3) is 16.6 Å². The number of hydrogen-bond acceptors (Lipinski definition) is 2. The van der Waals surface area contributed by atoms with Gasteiger partial charge in [-0.15, -0.1) is 0 Å². The third-order valence-corrected chi connectivity index (χ3v) is 4.97. The van der Waals surface area contributed by atoms with Gasteiger partial charge in [-0.1, -0.05) is 45.0 Å². The van der Waals surface area contributed by atoms with Gasteiger partial charge in [-0.05, 0) is 46.1 Å². The molecule has 3 rings (SSSR count). The lowest BCUT2D eigenvalue weighted by Gasteiger charge is -2.21. The Balaban J connectivity index is 2.43. The molecule has 1 atom stereocenters. The van der Waals surface area contributed by atoms with E-state index in [-0.39, 0.29) is 11.5 Å². The van der Waals surface area contributed by atoms with Crippen molar-refractivity contribution in [2.24, 2.45) is 5.92 Å². The number of aromatic nitrogens is 2. The fourth-order valence-corrected chi connectivity index (χ4v) is 3.08. The Kier molecular flexibility index (Phi) is 4.35. The van der Waals surface area contributed by atoms with E-state index < -0.39 is 0 Å². The molecule has 1 heterocycles. The standard InChI is InChI=1S/C19H19BrN2O/c1-12(2)13(3)18-21-16-10-6-4-8-14(16)19(23)22(18)17-11-7-5-9-15(17)20/h4-13H,1-3H3/t13-/m0/s1. The van der Waals surface area contributed by atoms with Crippen LogP contribution in [0.1, 0.15) is 32.5 Å². The first-order valence-electron chi connectivity index (χ1n) is 7.77. The first-order chi connectivity index (χ1) is 11.0. The highest BCUT2D eigenvalue weighted by atomic mass is 79.9. The van der Waals surface area contributed by atoms with Crippen molar-refractivity contribution < 1.29 is 0 Å². The summed E-state index contributed by atoms with van der Waals surface area (Å²) in [4.78, 5) is 17.9. The zero-order valence-corrected chi connectivity index (χ0v) is 15.0. The number of benzene rings is 2. The summed E-state index contributed by atoms with van der Waals surface area (Å²) < 4.78 is 2.63. The van der Waals surface area contributed by atoms with Crippen LogP contribution in [0, 0.1) is 5.92 Å².